The minimum absolute atomic E-state index is 0.161. The summed E-state index contributed by atoms with van der Waals surface area (Å²) < 4.78 is 26.9. The zero-order valence-corrected chi connectivity index (χ0v) is 17.4. The monoisotopic (exact) mass is 389 g/mol. The highest BCUT2D eigenvalue weighted by atomic mass is 32.2. The summed E-state index contributed by atoms with van der Waals surface area (Å²) in [5, 5.41) is 2.83. The van der Waals surface area contributed by atoms with Crippen LogP contribution >= 0.6 is 0 Å². The van der Waals surface area contributed by atoms with Gasteiger partial charge in [-0.2, -0.15) is 4.31 Å². The molecule has 1 atom stereocenters. The van der Waals surface area contributed by atoms with E-state index in [9.17, 15) is 13.2 Å². The first-order valence-corrected chi connectivity index (χ1v) is 12.1. The molecule has 0 aromatic rings. The minimum Gasteiger partial charge on any atom is -0.355 e. The first-order valence-electron chi connectivity index (χ1n) is 10.5. The van der Waals surface area contributed by atoms with E-state index in [1.54, 1.807) is 0 Å². The maximum Gasteiger partial charge on any atom is 0.238 e. The van der Waals surface area contributed by atoms with Crippen LogP contribution in [0.4, 0.5) is 0 Å². The van der Waals surface area contributed by atoms with Gasteiger partial charge in [-0.1, -0.05) is 58.3 Å². The third-order valence-corrected chi connectivity index (χ3v) is 7.01. The van der Waals surface area contributed by atoms with Crippen LogP contribution < -0.4 is 11.1 Å². The molecular weight excluding hydrogens is 350 g/mol. The number of piperidine rings is 1. The van der Waals surface area contributed by atoms with Crippen molar-refractivity contribution in [2.45, 2.75) is 90.0 Å². The number of carbonyl (C=O) groups is 1. The molecule has 1 rings (SSSR count). The average Bonchev–Trinajstić information content (AvgIpc) is 2.64. The van der Waals surface area contributed by atoms with Crippen LogP contribution in [-0.4, -0.2) is 50.1 Å². The molecule has 0 radical (unpaired) electrons. The molecule has 0 spiro atoms. The molecule has 1 fully saturated rings. The molecule has 7 heteroatoms. The van der Waals surface area contributed by atoms with Gasteiger partial charge >= 0.3 is 0 Å². The molecule has 26 heavy (non-hydrogen) atoms. The van der Waals surface area contributed by atoms with Crippen LogP contribution in [0.25, 0.3) is 0 Å². The Morgan fingerprint density at radius 2 is 1.69 bits per heavy atom. The van der Waals surface area contributed by atoms with Crippen LogP contribution in [0.1, 0.15) is 84.0 Å². The lowest BCUT2D eigenvalue weighted by Crippen LogP contribution is -2.52. The Morgan fingerprint density at radius 1 is 1.04 bits per heavy atom. The number of amides is 1. The zero-order valence-electron chi connectivity index (χ0n) is 16.5. The fourth-order valence-electron chi connectivity index (χ4n) is 3.47. The van der Waals surface area contributed by atoms with E-state index in [1.165, 1.54) is 36.4 Å². The summed E-state index contributed by atoms with van der Waals surface area (Å²) in [6.45, 7) is 3.70. The lowest BCUT2D eigenvalue weighted by molar-refractivity contribution is -0.125. The summed E-state index contributed by atoms with van der Waals surface area (Å²) in [5.74, 6) is -0.00759. The van der Waals surface area contributed by atoms with Crippen molar-refractivity contribution in [3.05, 3.63) is 0 Å². The Labute approximate surface area is 160 Å². The van der Waals surface area contributed by atoms with Crippen molar-refractivity contribution in [2.24, 2.45) is 5.73 Å². The topological polar surface area (TPSA) is 92.5 Å². The molecule has 0 aromatic carbocycles. The Bertz CT molecular complexity index is 482. The van der Waals surface area contributed by atoms with Crippen LogP contribution in [0.5, 0.6) is 0 Å². The van der Waals surface area contributed by atoms with Gasteiger partial charge in [0.2, 0.25) is 15.9 Å². The lowest BCUT2D eigenvalue weighted by atomic mass is 10.0. The first kappa shape index (κ1) is 23.4. The number of hydrogen-bond acceptors (Lipinski definition) is 4. The van der Waals surface area contributed by atoms with Crippen LogP contribution in [0.3, 0.4) is 0 Å². The van der Waals surface area contributed by atoms with Gasteiger partial charge in [0.1, 0.15) is 6.04 Å². The second kappa shape index (κ2) is 13.5. The van der Waals surface area contributed by atoms with Gasteiger partial charge < -0.3 is 11.1 Å². The molecule has 1 saturated heterocycles. The Balaban J connectivity index is 2.39. The summed E-state index contributed by atoms with van der Waals surface area (Å²) in [6.07, 6.45) is 12.1. The second-order valence-corrected chi connectivity index (χ2v) is 9.39. The highest BCUT2D eigenvalue weighted by Gasteiger charge is 2.36. The number of sulfonamides is 1. The van der Waals surface area contributed by atoms with E-state index in [0.717, 1.165) is 25.7 Å². The van der Waals surface area contributed by atoms with Gasteiger partial charge in [-0.25, -0.2) is 8.42 Å². The Hall–Kier alpha value is -0.660. The van der Waals surface area contributed by atoms with E-state index >= 15 is 0 Å². The van der Waals surface area contributed by atoms with Crippen molar-refractivity contribution in [1.29, 1.82) is 0 Å². The van der Waals surface area contributed by atoms with Gasteiger partial charge in [0.05, 0.1) is 5.75 Å². The van der Waals surface area contributed by atoms with Crippen molar-refractivity contribution < 1.29 is 13.2 Å². The van der Waals surface area contributed by atoms with Crippen molar-refractivity contribution in [1.82, 2.24) is 9.62 Å². The van der Waals surface area contributed by atoms with E-state index in [4.69, 9.17) is 5.73 Å². The number of nitrogens with one attached hydrogen (secondary N) is 1. The summed E-state index contributed by atoms with van der Waals surface area (Å²) in [6, 6.07) is -0.541. The summed E-state index contributed by atoms with van der Waals surface area (Å²) >= 11 is 0. The second-order valence-electron chi connectivity index (χ2n) is 7.35. The summed E-state index contributed by atoms with van der Waals surface area (Å²) in [4.78, 5) is 12.4. The largest absolute Gasteiger partial charge is 0.355 e. The highest BCUT2D eigenvalue weighted by molar-refractivity contribution is 7.89. The number of carbonyl (C=O) groups excluding carboxylic acids is 1. The van der Waals surface area contributed by atoms with Gasteiger partial charge in [0, 0.05) is 13.1 Å². The van der Waals surface area contributed by atoms with E-state index in [2.05, 4.69) is 12.2 Å². The number of nitrogens with two attached hydrogens (primary N) is 1. The number of unbranched alkanes of at least 4 members (excludes halogenated alkanes) is 7. The molecule has 0 aliphatic carbocycles. The van der Waals surface area contributed by atoms with Gasteiger partial charge in [-0.15, -0.1) is 0 Å². The molecular formula is C19H39N3O3S. The zero-order chi connectivity index (χ0) is 19.3. The molecule has 1 heterocycles. The first-order chi connectivity index (χ1) is 12.5. The van der Waals surface area contributed by atoms with Crippen LogP contribution in [0.2, 0.25) is 0 Å². The van der Waals surface area contributed by atoms with Gasteiger partial charge in [-0.05, 0) is 32.2 Å². The van der Waals surface area contributed by atoms with Crippen LogP contribution in [0.15, 0.2) is 0 Å². The molecule has 1 aliphatic heterocycles. The average molecular weight is 390 g/mol. The normalized spacial score (nSPS) is 18.8. The maximum absolute atomic E-state index is 12.7. The maximum atomic E-state index is 12.7. The van der Waals surface area contributed by atoms with Gasteiger partial charge in [0.15, 0.2) is 0 Å². The summed E-state index contributed by atoms with van der Waals surface area (Å²) in [7, 11) is -3.36. The molecule has 154 valence electrons. The van der Waals surface area contributed by atoms with Crippen molar-refractivity contribution in [3.8, 4) is 0 Å². The number of nitrogens with zero attached hydrogens (tertiary/aromatic N) is 1. The molecule has 0 aromatic heterocycles. The van der Waals surface area contributed by atoms with Gasteiger partial charge in [-0.3, -0.25) is 4.79 Å². The minimum atomic E-state index is -3.36. The van der Waals surface area contributed by atoms with Crippen molar-refractivity contribution in [2.75, 3.05) is 25.4 Å². The number of hydrogen-bond donors (Lipinski definition) is 2. The Morgan fingerprint density at radius 3 is 2.35 bits per heavy atom. The predicted octanol–water partition coefficient (Wildman–Crippen LogP) is 2.78. The number of rotatable bonds is 14. The SMILES string of the molecule is CCCCCCCCCCS(=O)(=O)N1CCCC[C@@H]1C(=O)NCCCN. The fourth-order valence-corrected chi connectivity index (χ4v) is 5.27. The quantitative estimate of drug-likeness (QED) is 0.447. The predicted molar refractivity (Wildman–Crippen MR) is 107 cm³/mol. The van der Waals surface area contributed by atoms with Crippen LogP contribution in [0, 0.1) is 0 Å². The summed E-state index contributed by atoms with van der Waals surface area (Å²) in [5.41, 5.74) is 5.45. The smallest absolute Gasteiger partial charge is 0.238 e. The Kier molecular flexibility index (Phi) is 12.1. The molecule has 1 aliphatic rings. The lowest BCUT2D eigenvalue weighted by Gasteiger charge is -2.33. The molecule has 3 N–H and O–H groups in total. The van der Waals surface area contributed by atoms with E-state index in [-0.39, 0.29) is 11.7 Å². The van der Waals surface area contributed by atoms with E-state index < -0.39 is 16.1 Å². The third-order valence-electron chi connectivity index (χ3n) is 5.05. The van der Waals surface area contributed by atoms with Crippen LogP contribution in [-0.2, 0) is 14.8 Å². The fraction of sp³-hybridized carbons (Fsp3) is 0.947. The molecule has 6 nitrogen and oxygen atoms in total. The third kappa shape index (κ3) is 8.82. The highest BCUT2D eigenvalue weighted by Crippen LogP contribution is 2.22. The van der Waals surface area contributed by atoms with Crippen molar-refractivity contribution >= 4 is 15.9 Å². The van der Waals surface area contributed by atoms with E-state index in [1.807, 2.05) is 0 Å². The van der Waals surface area contributed by atoms with Crippen molar-refractivity contribution in [3.63, 3.8) is 0 Å². The standard InChI is InChI=1S/C19H39N3O3S/c1-2-3-4-5-6-7-8-11-17-26(24,25)22-16-10-9-13-18(22)19(23)21-15-12-14-20/h18H,2-17,20H2,1H3,(H,21,23)/t18-/m1/s1. The van der Waals surface area contributed by atoms with Gasteiger partial charge in [0.25, 0.3) is 0 Å². The molecule has 0 bridgehead atoms. The van der Waals surface area contributed by atoms with E-state index in [0.29, 0.717) is 38.9 Å². The molecule has 0 saturated carbocycles. The molecule has 1 amide bonds. The molecule has 0 unspecified atom stereocenters.